The molecule has 0 bridgehead atoms. The highest BCUT2D eigenvalue weighted by atomic mass is 19.4. The summed E-state index contributed by atoms with van der Waals surface area (Å²) >= 11 is 0. The number of halogens is 4. The predicted molar refractivity (Wildman–Crippen MR) is 111 cm³/mol. The number of hydrogen-bond donors (Lipinski definition) is 1. The van der Waals surface area contributed by atoms with Gasteiger partial charge in [0.2, 0.25) is 5.60 Å². The standard InChI is InChI=1S/C20H23F4N3O2.C2H6/c1-13(12-28-3)17-10-14(5-8-27(17)25-2)15-9-16(21)18(26-11-15)29-19(6-4-7-19)20(22,23)24;1-2/h5,8-11,25H,4,6-7,12H2,1-3H3;1-2H3/b17-13+;. The number of nitrogens with one attached hydrogen (secondary N) is 1. The number of hydrogen-bond acceptors (Lipinski definition) is 5. The van der Waals surface area contributed by atoms with Gasteiger partial charge in [-0.1, -0.05) is 13.8 Å². The van der Waals surface area contributed by atoms with Crippen molar-refractivity contribution in [3.63, 3.8) is 0 Å². The molecule has 172 valence electrons. The number of nitrogens with zero attached hydrogens (tertiary/aromatic N) is 2. The summed E-state index contributed by atoms with van der Waals surface area (Å²) in [6.45, 7) is 6.31. The molecule has 0 unspecified atom stereocenters. The number of allylic oxidation sites excluding steroid dienone is 3. The average molecular weight is 443 g/mol. The average Bonchev–Trinajstić information content (AvgIpc) is 2.71. The molecule has 0 atom stereocenters. The Morgan fingerprint density at radius 3 is 2.45 bits per heavy atom. The molecule has 0 aromatic carbocycles. The van der Waals surface area contributed by atoms with E-state index in [-0.39, 0.29) is 12.8 Å². The van der Waals surface area contributed by atoms with E-state index in [9.17, 15) is 17.6 Å². The first-order valence-corrected chi connectivity index (χ1v) is 10.2. The minimum absolute atomic E-state index is 0.194. The van der Waals surface area contributed by atoms with Gasteiger partial charge in [0.05, 0.1) is 12.3 Å². The number of ether oxygens (including phenoxy) is 2. The van der Waals surface area contributed by atoms with Crippen LogP contribution >= 0.6 is 0 Å². The van der Waals surface area contributed by atoms with Crippen LogP contribution in [0.25, 0.3) is 5.57 Å². The highest BCUT2D eigenvalue weighted by Crippen LogP contribution is 2.48. The van der Waals surface area contributed by atoms with Crippen molar-refractivity contribution in [2.75, 3.05) is 20.8 Å². The zero-order valence-electron chi connectivity index (χ0n) is 18.4. The number of rotatable bonds is 6. The quantitative estimate of drug-likeness (QED) is 0.599. The third-order valence-electron chi connectivity index (χ3n) is 5.10. The van der Waals surface area contributed by atoms with Gasteiger partial charge in [-0.25, -0.2) is 14.8 Å². The molecule has 3 rings (SSSR count). The molecular formula is C22H29F4N3O2. The predicted octanol–water partition coefficient (Wildman–Crippen LogP) is 5.38. The lowest BCUT2D eigenvalue weighted by Crippen LogP contribution is -2.55. The molecule has 1 fully saturated rings. The number of methoxy groups -OCH3 is 1. The third kappa shape index (κ3) is 5.27. The third-order valence-corrected chi connectivity index (χ3v) is 5.10. The molecule has 1 aromatic heterocycles. The second-order valence-corrected chi connectivity index (χ2v) is 7.07. The summed E-state index contributed by atoms with van der Waals surface area (Å²) < 4.78 is 64.5. The van der Waals surface area contributed by atoms with E-state index in [1.165, 1.54) is 6.20 Å². The molecular weight excluding hydrogens is 414 g/mol. The van der Waals surface area contributed by atoms with Gasteiger partial charge < -0.3 is 9.47 Å². The van der Waals surface area contributed by atoms with E-state index >= 15 is 0 Å². The van der Waals surface area contributed by atoms with E-state index in [0.717, 1.165) is 17.3 Å². The fourth-order valence-corrected chi connectivity index (χ4v) is 3.28. The maximum Gasteiger partial charge on any atom is 0.428 e. The maximum absolute atomic E-state index is 14.5. The first-order chi connectivity index (χ1) is 14.7. The Bertz CT molecular complexity index is 859. The van der Waals surface area contributed by atoms with E-state index in [1.807, 2.05) is 26.8 Å². The second kappa shape index (κ2) is 10.3. The van der Waals surface area contributed by atoms with E-state index in [0.29, 0.717) is 24.2 Å². The van der Waals surface area contributed by atoms with Crippen molar-refractivity contribution in [2.45, 2.75) is 51.8 Å². The van der Waals surface area contributed by atoms with Crippen LogP contribution < -0.4 is 10.2 Å². The fourth-order valence-electron chi connectivity index (χ4n) is 3.28. The van der Waals surface area contributed by atoms with Gasteiger partial charge in [0, 0.05) is 32.1 Å². The normalized spacial score (nSPS) is 19.1. The van der Waals surface area contributed by atoms with Crippen molar-refractivity contribution in [2.24, 2.45) is 0 Å². The molecule has 5 nitrogen and oxygen atoms in total. The largest absolute Gasteiger partial charge is 0.459 e. The Morgan fingerprint density at radius 1 is 1.29 bits per heavy atom. The van der Waals surface area contributed by atoms with E-state index in [4.69, 9.17) is 9.47 Å². The molecule has 31 heavy (non-hydrogen) atoms. The Morgan fingerprint density at radius 2 is 1.97 bits per heavy atom. The lowest BCUT2D eigenvalue weighted by atomic mass is 9.79. The lowest BCUT2D eigenvalue weighted by Gasteiger charge is -2.42. The van der Waals surface area contributed by atoms with Crippen molar-refractivity contribution in [3.8, 4) is 5.88 Å². The summed E-state index contributed by atoms with van der Waals surface area (Å²) in [7, 11) is 3.35. The summed E-state index contributed by atoms with van der Waals surface area (Å²) in [6, 6.07) is 1.14. The topological polar surface area (TPSA) is 46.6 Å². The Kier molecular flexibility index (Phi) is 8.25. The SMILES string of the molecule is CC.CNN1C=CC(c2cnc(OC3(C(F)(F)F)CCC3)c(F)c2)=C/C1=C(/C)COC. The molecule has 1 aliphatic heterocycles. The maximum atomic E-state index is 14.5. The van der Waals surface area contributed by atoms with Crippen molar-refractivity contribution in [1.29, 1.82) is 0 Å². The van der Waals surface area contributed by atoms with Crippen LogP contribution in [0.1, 0.15) is 45.6 Å². The van der Waals surface area contributed by atoms with E-state index in [2.05, 4.69) is 10.4 Å². The fraction of sp³-hybridized carbons (Fsp3) is 0.500. The van der Waals surface area contributed by atoms with Crippen LogP contribution in [0.3, 0.4) is 0 Å². The molecule has 0 spiro atoms. The molecule has 2 heterocycles. The van der Waals surface area contributed by atoms with Crippen LogP contribution in [-0.2, 0) is 4.74 Å². The van der Waals surface area contributed by atoms with E-state index < -0.39 is 23.5 Å². The zero-order valence-corrected chi connectivity index (χ0v) is 18.4. The van der Waals surface area contributed by atoms with Gasteiger partial charge in [0.1, 0.15) is 0 Å². The smallest absolute Gasteiger partial charge is 0.428 e. The number of alkyl halides is 3. The summed E-state index contributed by atoms with van der Waals surface area (Å²) in [4.78, 5) is 3.84. The molecule has 1 aromatic rings. The molecule has 0 radical (unpaired) electrons. The minimum Gasteiger partial charge on any atom is -0.459 e. The Balaban J connectivity index is 0.00000166. The van der Waals surface area contributed by atoms with Gasteiger partial charge in [0.15, 0.2) is 5.82 Å². The van der Waals surface area contributed by atoms with Crippen molar-refractivity contribution >= 4 is 5.57 Å². The summed E-state index contributed by atoms with van der Waals surface area (Å²) in [5.41, 5.74) is 3.52. The van der Waals surface area contributed by atoms with E-state index in [1.54, 1.807) is 31.4 Å². The molecule has 0 saturated heterocycles. The van der Waals surface area contributed by atoms with Gasteiger partial charge >= 0.3 is 6.18 Å². The number of aromatic nitrogens is 1. The van der Waals surface area contributed by atoms with Crippen LogP contribution in [0.2, 0.25) is 0 Å². The lowest BCUT2D eigenvalue weighted by molar-refractivity contribution is -0.275. The van der Waals surface area contributed by atoms with Crippen molar-refractivity contribution in [3.05, 3.63) is 53.3 Å². The van der Waals surface area contributed by atoms with Crippen molar-refractivity contribution in [1.82, 2.24) is 15.4 Å². The molecule has 1 saturated carbocycles. The molecule has 1 aliphatic carbocycles. The summed E-state index contributed by atoms with van der Waals surface area (Å²) in [5, 5.41) is 1.78. The van der Waals surface area contributed by atoms with Crippen LogP contribution in [0.4, 0.5) is 17.6 Å². The monoisotopic (exact) mass is 443 g/mol. The summed E-state index contributed by atoms with van der Waals surface area (Å²) in [6.07, 6.45) is 2.08. The van der Waals surface area contributed by atoms with Crippen LogP contribution in [0, 0.1) is 5.82 Å². The molecule has 0 amide bonds. The Hall–Kier alpha value is -2.39. The minimum atomic E-state index is -4.57. The first kappa shape index (κ1) is 24.9. The summed E-state index contributed by atoms with van der Waals surface area (Å²) in [5.74, 6) is -1.56. The van der Waals surface area contributed by atoms with Crippen molar-refractivity contribution < 1.29 is 27.0 Å². The molecule has 9 heteroatoms. The zero-order chi connectivity index (χ0) is 23.2. The number of pyridine rings is 1. The van der Waals surface area contributed by atoms with Crippen LogP contribution in [0.15, 0.2) is 41.9 Å². The number of hydrazine groups is 1. The van der Waals surface area contributed by atoms with Gasteiger partial charge in [0.25, 0.3) is 5.88 Å². The van der Waals surface area contributed by atoms with Crippen LogP contribution in [0.5, 0.6) is 5.88 Å². The highest BCUT2D eigenvalue weighted by Gasteiger charge is 2.61. The first-order valence-electron chi connectivity index (χ1n) is 10.2. The van der Waals surface area contributed by atoms with Gasteiger partial charge in [-0.3, -0.25) is 5.01 Å². The molecule has 2 aliphatic rings. The van der Waals surface area contributed by atoms with Gasteiger partial charge in [-0.15, -0.1) is 0 Å². The van der Waals surface area contributed by atoms with Crippen LogP contribution in [-0.4, -0.2) is 42.5 Å². The van der Waals surface area contributed by atoms with Gasteiger partial charge in [-0.2, -0.15) is 13.2 Å². The second-order valence-electron chi connectivity index (χ2n) is 7.07. The Labute approximate surface area is 180 Å². The van der Waals surface area contributed by atoms with Gasteiger partial charge in [-0.05, 0) is 55.6 Å². The highest BCUT2D eigenvalue weighted by molar-refractivity contribution is 5.77. The molecule has 1 N–H and O–H groups in total.